The van der Waals surface area contributed by atoms with E-state index >= 15 is 0 Å². The zero-order valence-electron chi connectivity index (χ0n) is 12.9. The van der Waals surface area contributed by atoms with Gasteiger partial charge in [-0.1, -0.05) is 11.8 Å². The van der Waals surface area contributed by atoms with Gasteiger partial charge in [-0.2, -0.15) is 0 Å². The molecule has 0 saturated heterocycles. The van der Waals surface area contributed by atoms with Crippen LogP contribution in [-0.2, 0) is 12.3 Å². The highest BCUT2D eigenvalue weighted by molar-refractivity contribution is 7.98. The summed E-state index contributed by atoms with van der Waals surface area (Å²) in [5.41, 5.74) is 1.00. The summed E-state index contributed by atoms with van der Waals surface area (Å²) in [7, 11) is 0. The van der Waals surface area contributed by atoms with Crippen LogP contribution in [0.4, 0.5) is 0 Å². The zero-order valence-corrected chi connectivity index (χ0v) is 14.5. The van der Waals surface area contributed by atoms with E-state index in [1.165, 1.54) is 0 Å². The Balaban J connectivity index is 1.50. The summed E-state index contributed by atoms with van der Waals surface area (Å²) in [6, 6.07) is 7.52. The summed E-state index contributed by atoms with van der Waals surface area (Å²) >= 11 is 3.19. The molecule has 0 amide bonds. The van der Waals surface area contributed by atoms with E-state index in [9.17, 15) is 0 Å². The summed E-state index contributed by atoms with van der Waals surface area (Å²) in [6.45, 7) is 2.85. The maximum atomic E-state index is 5.43. The van der Waals surface area contributed by atoms with Crippen LogP contribution in [0.2, 0.25) is 0 Å². The second kappa shape index (κ2) is 6.66. The van der Waals surface area contributed by atoms with Crippen molar-refractivity contribution in [1.29, 1.82) is 0 Å². The third-order valence-electron chi connectivity index (χ3n) is 3.41. The van der Waals surface area contributed by atoms with Crippen molar-refractivity contribution in [2.75, 3.05) is 0 Å². The van der Waals surface area contributed by atoms with Crippen molar-refractivity contribution in [3.05, 3.63) is 47.9 Å². The molecule has 0 atom stereocenters. The van der Waals surface area contributed by atoms with Gasteiger partial charge in [0.1, 0.15) is 0 Å². The molecular weight excluding hydrogens is 344 g/mol. The summed E-state index contributed by atoms with van der Waals surface area (Å²) in [4.78, 5) is 4.61. The van der Waals surface area contributed by atoms with Crippen molar-refractivity contribution >= 4 is 23.1 Å². The molecule has 0 aliphatic heterocycles. The second-order valence-corrected chi connectivity index (χ2v) is 6.74. The normalized spacial score (nSPS) is 11.2. The van der Waals surface area contributed by atoms with Gasteiger partial charge >= 0.3 is 0 Å². The van der Waals surface area contributed by atoms with Crippen molar-refractivity contribution in [3.63, 3.8) is 0 Å². The van der Waals surface area contributed by atoms with E-state index in [1.807, 2.05) is 34.2 Å². The Bertz CT molecular complexity index is 910. The molecule has 4 aromatic rings. The van der Waals surface area contributed by atoms with Gasteiger partial charge in [0.25, 0.3) is 0 Å². The molecular formula is C16H14N4O2S2. The third kappa shape index (κ3) is 2.90. The number of nitrogens with zero attached hydrogens (tertiary/aromatic N) is 4. The molecule has 4 aromatic heterocycles. The van der Waals surface area contributed by atoms with Gasteiger partial charge < -0.3 is 8.83 Å². The van der Waals surface area contributed by atoms with Crippen molar-refractivity contribution < 1.29 is 8.83 Å². The van der Waals surface area contributed by atoms with Gasteiger partial charge in [-0.25, -0.2) is 4.98 Å². The fraction of sp³-hybridized carbons (Fsp3) is 0.188. The molecule has 6 nitrogen and oxygen atoms in total. The number of hydrogen-bond acceptors (Lipinski definition) is 7. The minimum atomic E-state index is 0.727. The lowest BCUT2D eigenvalue weighted by Crippen LogP contribution is -1.99. The lowest BCUT2D eigenvalue weighted by atomic mass is 10.4. The maximum Gasteiger partial charge on any atom is 0.200 e. The molecule has 0 radical (unpaired) electrons. The average molecular weight is 358 g/mol. The molecule has 0 fully saturated rings. The Kier molecular flexibility index (Phi) is 4.22. The molecule has 24 heavy (non-hydrogen) atoms. The highest BCUT2D eigenvalue weighted by Crippen LogP contribution is 2.29. The van der Waals surface area contributed by atoms with E-state index in [0.29, 0.717) is 0 Å². The van der Waals surface area contributed by atoms with Crippen LogP contribution in [0.1, 0.15) is 12.6 Å². The molecule has 8 heteroatoms. The van der Waals surface area contributed by atoms with Crippen LogP contribution in [0.5, 0.6) is 0 Å². The second-order valence-electron chi connectivity index (χ2n) is 4.94. The average Bonchev–Trinajstić information content (AvgIpc) is 3.40. The predicted molar refractivity (Wildman–Crippen MR) is 92.8 cm³/mol. The first-order valence-corrected chi connectivity index (χ1v) is 9.30. The summed E-state index contributed by atoms with van der Waals surface area (Å²) in [5, 5.41) is 12.3. The van der Waals surface area contributed by atoms with Crippen molar-refractivity contribution in [2.24, 2.45) is 0 Å². The number of thiazole rings is 1. The predicted octanol–water partition coefficient (Wildman–Crippen LogP) is 4.57. The van der Waals surface area contributed by atoms with Gasteiger partial charge in [0.15, 0.2) is 27.5 Å². The van der Waals surface area contributed by atoms with Gasteiger partial charge in [0.05, 0.1) is 18.2 Å². The van der Waals surface area contributed by atoms with Crippen LogP contribution in [0, 0.1) is 0 Å². The molecule has 0 saturated carbocycles. The number of thioether (sulfide) groups is 1. The van der Waals surface area contributed by atoms with E-state index in [4.69, 9.17) is 8.83 Å². The van der Waals surface area contributed by atoms with E-state index in [1.54, 1.807) is 35.6 Å². The van der Waals surface area contributed by atoms with Gasteiger partial charge in [0, 0.05) is 17.7 Å². The molecule has 0 unspecified atom stereocenters. The van der Waals surface area contributed by atoms with Crippen LogP contribution in [-0.4, -0.2) is 19.7 Å². The lowest BCUT2D eigenvalue weighted by molar-refractivity contribution is 0.567. The SMILES string of the molecule is CCn1c(SCc2csc(-c3ccco3)n2)nnc1-c1ccco1. The largest absolute Gasteiger partial charge is 0.462 e. The number of aromatic nitrogens is 4. The van der Waals surface area contributed by atoms with E-state index in [0.717, 1.165) is 45.5 Å². The van der Waals surface area contributed by atoms with Crippen molar-refractivity contribution in [3.8, 4) is 22.4 Å². The highest BCUT2D eigenvalue weighted by atomic mass is 32.2. The fourth-order valence-corrected chi connectivity index (χ4v) is 4.08. The molecule has 0 aliphatic rings. The number of rotatable bonds is 6. The van der Waals surface area contributed by atoms with Crippen LogP contribution in [0.15, 0.2) is 56.2 Å². The highest BCUT2D eigenvalue weighted by Gasteiger charge is 2.16. The lowest BCUT2D eigenvalue weighted by Gasteiger charge is -2.04. The van der Waals surface area contributed by atoms with E-state index < -0.39 is 0 Å². The molecule has 0 aromatic carbocycles. The maximum absolute atomic E-state index is 5.43. The Hall–Kier alpha value is -2.32. The monoisotopic (exact) mass is 358 g/mol. The Morgan fingerprint density at radius 2 is 1.92 bits per heavy atom. The van der Waals surface area contributed by atoms with Crippen molar-refractivity contribution in [1.82, 2.24) is 19.7 Å². The van der Waals surface area contributed by atoms with Crippen LogP contribution < -0.4 is 0 Å². The number of furan rings is 2. The zero-order chi connectivity index (χ0) is 16.4. The van der Waals surface area contributed by atoms with Crippen LogP contribution in [0.25, 0.3) is 22.4 Å². The van der Waals surface area contributed by atoms with Gasteiger partial charge in [-0.15, -0.1) is 21.5 Å². The summed E-state index contributed by atoms with van der Waals surface area (Å²) in [5.74, 6) is 3.01. The summed E-state index contributed by atoms with van der Waals surface area (Å²) < 4.78 is 12.9. The molecule has 0 bridgehead atoms. The number of hydrogen-bond donors (Lipinski definition) is 0. The minimum Gasteiger partial charge on any atom is -0.462 e. The first-order valence-electron chi connectivity index (χ1n) is 7.43. The van der Waals surface area contributed by atoms with Crippen LogP contribution >= 0.6 is 23.1 Å². The quantitative estimate of drug-likeness (QED) is 0.470. The van der Waals surface area contributed by atoms with Gasteiger partial charge in [-0.3, -0.25) is 4.57 Å². The van der Waals surface area contributed by atoms with E-state index in [2.05, 4.69) is 22.1 Å². The molecule has 122 valence electrons. The first kappa shape index (κ1) is 15.2. The summed E-state index contributed by atoms with van der Waals surface area (Å²) in [6.07, 6.45) is 3.30. The van der Waals surface area contributed by atoms with Crippen molar-refractivity contribution in [2.45, 2.75) is 24.4 Å². The van der Waals surface area contributed by atoms with Gasteiger partial charge in [-0.05, 0) is 31.2 Å². The topological polar surface area (TPSA) is 69.9 Å². The Morgan fingerprint density at radius 3 is 2.62 bits per heavy atom. The first-order chi connectivity index (χ1) is 11.8. The molecule has 4 rings (SSSR count). The Morgan fingerprint density at radius 1 is 1.12 bits per heavy atom. The molecule has 0 spiro atoms. The van der Waals surface area contributed by atoms with Crippen LogP contribution in [0.3, 0.4) is 0 Å². The molecule has 4 heterocycles. The smallest absolute Gasteiger partial charge is 0.200 e. The minimum absolute atomic E-state index is 0.727. The van der Waals surface area contributed by atoms with Gasteiger partial charge in [0.2, 0.25) is 0 Å². The van der Waals surface area contributed by atoms with E-state index in [-0.39, 0.29) is 0 Å². The Labute approximate surface area is 146 Å². The fourth-order valence-electron chi connectivity index (χ4n) is 2.29. The molecule has 0 aliphatic carbocycles. The third-order valence-corrected chi connectivity index (χ3v) is 5.31. The molecule has 0 N–H and O–H groups in total. The standard InChI is InChI=1S/C16H14N4O2S2/c1-2-20-14(12-5-3-7-21-12)18-19-16(20)24-10-11-9-23-15(17-11)13-6-4-8-22-13/h3-9H,2,10H2,1H3.